The van der Waals surface area contributed by atoms with Crippen molar-refractivity contribution in [1.82, 2.24) is 0 Å². The zero-order valence-corrected chi connectivity index (χ0v) is 12.1. The molecule has 114 valence electrons. The fourth-order valence-electron chi connectivity index (χ4n) is 2.46. The maximum absolute atomic E-state index is 11.1. The topological polar surface area (TPSA) is 80.3 Å². The first-order valence-corrected chi connectivity index (χ1v) is 6.56. The van der Waals surface area contributed by atoms with Gasteiger partial charge in [0.2, 0.25) is 0 Å². The van der Waals surface area contributed by atoms with E-state index in [1.807, 2.05) is 0 Å². The van der Waals surface area contributed by atoms with Crippen molar-refractivity contribution in [2.45, 2.75) is 57.9 Å². The lowest BCUT2D eigenvalue weighted by Gasteiger charge is -2.35. The van der Waals surface area contributed by atoms with Gasteiger partial charge in [0, 0.05) is 13.8 Å². The second-order valence-electron chi connectivity index (χ2n) is 5.39. The molecule has 0 aliphatic carbocycles. The zero-order chi connectivity index (χ0) is 14.9. The molecule has 0 aromatic heterocycles. The van der Waals surface area contributed by atoms with Crippen molar-refractivity contribution in [1.29, 1.82) is 0 Å². The van der Waals surface area contributed by atoms with Gasteiger partial charge in [0.25, 0.3) is 0 Å². The predicted molar refractivity (Wildman–Crippen MR) is 65.8 cm³/mol. The molecule has 0 aromatic rings. The molecule has 20 heavy (non-hydrogen) atoms. The number of hydrogen-bond donors (Lipinski definition) is 0. The minimum atomic E-state index is -0.796. The molecule has 4 atom stereocenters. The van der Waals surface area contributed by atoms with Crippen LogP contribution in [0.2, 0.25) is 0 Å². The lowest BCUT2D eigenvalue weighted by Crippen LogP contribution is -2.54. The van der Waals surface area contributed by atoms with Crippen molar-refractivity contribution >= 4 is 11.9 Å². The molecular formula is C13H20O7. The first-order chi connectivity index (χ1) is 9.28. The fraction of sp³-hybridized carbons (Fsp3) is 0.846. The van der Waals surface area contributed by atoms with Crippen LogP contribution in [0.5, 0.6) is 0 Å². The van der Waals surface area contributed by atoms with E-state index in [0.29, 0.717) is 0 Å². The summed E-state index contributed by atoms with van der Waals surface area (Å²) in [6.07, 6.45) is -1.82. The molecule has 0 aromatic carbocycles. The minimum absolute atomic E-state index is 0.0860. The van der Waals surface area contributed by atoms with Gasteiger partial charge in [0.15, 0.2) is 11.9 Å². The van der Waals surface area contributed by atoms with Gasteiger partial charge in [-0.15, -0.1) is 0 Å². The monoisotopic (exact) mass is 288 g/mol. The Labute approximate surface area is 117 Å². The van der Waals surface area contributed by atoms with Gasteiger partial charge in [0.1, 0.15) is 24.9 Å². The average Bonchev–Trinajstić information content (AvgIpc) is 2.63. The fourth-order valence-corrected chi connectivity index (χ4v) is 2.46. The van der Waals surface area contributed by atoms with Crippen molar-refractivity contribution in [3.8, 4) is 0 Å². The van der Waals surface area contributed by atoms with Crippen LogP contribution in [0, 0.1) is 0 Å². The number of carbonyl (C=O) groups is 2. The molecule has 0 N–H and O–H groups in total. The normalized spacial score (nSPS) is 35.2. The summed E-state index contributed by atoms with van der Waals surface area (Å²) in [4.78, 5) is 22.0. The third-order valence-electron chi connectivity index (χ3n) is 3.14. The van der Waals surface area contributed by atoms with Crippen LogP contribution in [0.1, 0.15) is 27.7 Å². The van der Waals surface area contributed by atoms with Crippen LogP contribution in [-0.4, -0.2) is 55.4 Å². The molecule has 0 spiro atoms. The molecule has 2 heterocycles. The second kappa shape index (κ2) is 5.67. The Morgan fingerprint density at radius 1 is 1.15 bits per heavy atom. The Morgan fingerprint density at radius 3 is 2.40 bits per heavy atom. The van der Waals surface area contributed by atoms with Gasteiger partial charge in [-0.1, -0.05) is 0 Å². The Bertz CT molecular complexity index is 392. The van der Waals surface area contributed by atoms with Gasteiger partial charge in [-0.25, -0.2) is 0 Å². The Hall–Kier alpha value is -1.18. The molecule has 2 aliphatic rings. The number of esters is 2. The van der Waals surface area contributed by atoms with Crippen molar-refractivity contribution in [3.05, 3.63) is 0 Å². The molecule has 0 bridgehead atoms. The Kier molecular flexibility index (Phi) is 4.31. The zero-order valence-electron chi connectivity index (χ0n) is 12.1. The molecule has 2 aliphatic heterocycles. The first-order valence-electron chi connectivity index (χ1n) is 6.56. The van der Waals surface area contributed by atoms with Crippen LogP contribution >= 0.6 is 0 Å². The van der Waals surface area contributed by atoms with Crippen LogP contribution in [0.4, 0.5) is 0 Å². The molecule has 2 saturated heterocycles. The summed E-state index contributed by atoms with van der Waals surface area (Å²) in [6.45, 7) is 6.49. The van der Waals surface area contributed by atoms with Crippen LogP contribution in [0.15, 0.2) is 0 Å². The maximum Gasteiger partial charge on any atom is 0.303 e. The standard InChI is InChI=1S/C13H20O7/c1-7(14)16-5-9-11-12(20-13(3,4)19-11)10(6-17-9)18-8(2)15/h9-12H,5-6H2,1-4H3/t9-,10+,11+,12-/m1/s1. The van der Waals surface area contributed by atoms with E-state index in [9.17, 15) is 9.59 Å². The molecule has 0 radical (unpaired) electrons. The van der Waals surface area contributed by atoms with Crippen LogP contribution in [0.25, 0.3) is 0 Å². The Morgan fingerprint density at radius 2 is 1.80 bits per heavy atom. The van der Waals surface area contributed by atoms with Crippen molar-refractivity contribution in [2.24, 2.45) is 0 Å². The molecule has 2 rings (SSSR count). The summed E-state index contributed by atoms with van der Waals surface area (Å²) in [5, 5.41) is 0. The molecule has 0 amide bonds. The highest BCUT2D eigenvalue weighted by Gasteiger charge is 2.53. The highest BCUT2D eigenvalue weighted by Crippen LogP contribution is 2.36. The van der Waals surface area contributed by atoms with Gasteiger partial charge in [-0.3, -0.25) is 9.59 Å². The number of rotatable bonds is 3. The van der Waals surface area contributed by atoms with Crippen LogP contribution < -0.4 is 0 Å². The number of hydrogen-bond acceptors (Lipinski definition) is 7. The molecule has 2 fully saturated rings. The lowest BCUT2D eigenvalue weighted by atomic mass is 10.0. The number of ether oxygens (including phenoxy) is 5. The van der Waals surface area contributed by atoms with Gasteiger partial charge in [-0.2, -0.15) is 0 Å². The third-order valence-corrected chi connectivity index (χ3v) is 3.14. The molecule has 0 saturated carbocycles. The van der Waals surface area contributed by atoms with E-state index in [1.165, 1.54) is 13.8 Å². The summed E-state index contributed by atoms with van der Waals surface area (Å²) in [7, 11) is 0. The van der Waals surface area contributed by atoms with E-state index < -0.39 is 36.2 Å². The Balaban J connectivity index is 2.07. The second-order valence-corrected chi connectivity index (χ2v) is 5.39. The van der Waals surface area contributed by atoms with E-state index in [2.05, 4.69) is 0 Å². The molecule has 0 unspecified atom stereocenters. The van der Waals surface area contributed by atoms with E-state index >= 15 is 0 Å². The summed E-state index contributed by atoms with van der Waals surface area (Å²) in [5.41, 5.74) is 0. The average molecular weight is 288 g/mol. The smallest absolute Gasteiger partial charge is 0.303 e. The van der Waals surface area contributed by atoms with E-state index in [0.717, 1.165) is 0 Å². The summed E-state index contributed by atoms with van der Waals surface area (Å²) >= 11 is 0. The molecule has 7 nitrogen and oxygen atoms in total. The molecular weight excluding hydrogens is 268 g/mol. The highest BCUT2D eigenvalue weighted by molar-refractivity contribution is 5.66. The van der Waals surface area contributed by atoms with E-state index in [4.69, 9.17) is 23.7 Å². The van der Waals surface area contributed by atoms with Crippen molar-refractivity contribution < 1.29 is 33.3 Å². The number of carbonyl (C=O) groups excluding carboxylic acids is 2. The highest BCUT2D eigenvalue weighted by atomic mass is 16.8. The minimum Gasteiger partial charge on any atom is -0.463 e. The lowest BCUT2D eigenvalue weighted by molar-refractivity contribution is -0.187. The van der Waals surface area contributed by atoms with E-state index in [1.54, 1.807) is 13.8 Å². The predicted octanol–water partition coefficient (Wildman–Crippen LogP) is 0.400. The van der Waals surface area contributed by atoms with Gasteiger partial charge < -0.3 is 23.7 Å². The largest absolute Gasteiger partial charge is 0.463 e. The summed E-state index contributed by atoms with van der Waals surface area (Å²) in [5.74, 6) is -1.58. The van der Waals surface area contributed by atoms with Gasteiger partial charge in [-0.05, 0) is 13.8 Å². The van der Waals surface area contributed by atoms with Crippen LogP contribution in [0.3, 0.4) is 0 Å². The number of fused-ring (bicyclic) bond motifs is 1. The van der Waals surface area contributed by atoms with Crippen molar-refractivity contribution in [3.63, 3.8) is 0 Å². The quantitative estimate of drug-likeness (QED) is 0.695. The summed E-state index contributed by atoms with van der Waals surface area (Å²) in [6, 6.07) is 0. The third kappa shape index (κ3) is 3.47. The van der Waals surface area contributed by atoms with Gasteiger partial charge >= 0.3 is 11.9 Å². The van der Waals surface area contributed by atoms with Crippen LogP contribution in [-0.2, 0) is 33.3 Å². The molecule has 7 heteroatoms. The van der Waals surface area contributed by atoms with Gasteiger partial charge in [0.05, 0.1) is 6.61 Å². The van der Waals surface area contributed by atoms with Crippen molar-refractivity contribution in [2.75, 3.05) is 13.2 Å². The summed E-state index contributed by atoms with van der Waals surface area (Å²) < 4.78 is 27.3. The maximum atomic E-state index is 11.1. The first kappa shape index (κ1) is 15.2. The van der Waals surface area contributed by atoms with E-state index in [-0.39, 0.29) is 19.2 Å². The SMILES string of the molecule is CC(=O)OC[C@H]1OC[C@H](OC(C)=O)[C@H]2OC(C)(C)O[C@H]21.